The van der Waals surface area contributed by atoms with Crippen LogP contribution in [-0.4, -0.2) is 43.0 Å². The molecule has 7 nitrogen and oxygen atoms in total. The zero-order valence-corrected chi connectivity index (χ0v) is 20.4. The van der Waals surface area contributed by atoms with Gasteiger partial charge in [-0.25, -0.2) is 4.58 Å². The second-order valence-corrected chi connectivity index (χ2v) is 8.63. The molecule has 0 aromatic heterocycles. The lowest BCUT2D eigenvalue weighted by atomic mass is 10.00. The number of carbonyl (C=O) groups excluding carboxylic acids is 2. The van der Waals surface area contributed by atoms with Gasteiger partial charge in [-0.05, 0) is 59.7 Å². The van der Waals surface area contributed by atoms with Crippen molar-refractivity contribution in [1.29, 1.82) is 0 Å². The van der Waals surface area contributed by atoms with Gasteiger partial charge in [0, 0.05) is 54.3 Å². The van der Waals surface area contributed by atoms with Gasteiger partial charge in [-0.2, -0.15) is 0 Å². The Hall–Kier alpha value is -4.52. The number of benzene rings is 3. The zero-order chi connectivity index (χ0) is 25.5. The van der Waals surface area contributed by atoms with E-state index in [0.717, 1.165) is 36.4 Å². The average molecular weight is 481 g/mol. The molecule has 0 atom stereocenters. The molecule has 1 aliphatic heterocycles. The van der Waals surface area contributed by atoms with Gasteiger partial charge in [0.2, 0.25) is 0 Å². The number of anilines is 2. The molecule has 0 saturated heterocycles. The van der Waals surface area contributed by atoms with Crippen molar-refractivity contribution >= 4 is 36.2 Å². The van der Waals surface area contributed by atoms with E-state index in [1.165, 1.54) is 11.1 Å². The molecule has 0 aliphatic carbocycles. The summed E-state index contributed by atoms with van der Waals surface area (Å²) in [6, 6.07) is 20.5. The number of nitrogens with zero attached hydrogens (tertiary/aromatic N) is 3. The Morgan fingerprint density at radius 1 is 1.03 bits per heavy atom. The van der Waals surface area contributed by atoms with Crippen LogP contribution < -0.4 is 15.5 Å². The summed E-state index contributed by atoms with van der Waals surface area (Å²) in [5, 5.41) is 5.90. The second-order valence-electron chi connectivity index (χ2n) is 8.63. The second kappa shape index (κ2) is 11.3. The predicted molar refractivity (Wildman–Crippen MR) is 145 cm³/mol. The topological polar surface area (TPSA) is 76.8 Å². The van der Waals surface area contributed by atoms with Gasteiger partial charge in [0.05, 0.1) is 6.34 Å². The SMILES string of the molecule is C=CN(C=NC)c1ccc(C(=O)NCc2cccc(C(=O)Nc3ccc4c(c3)C[N+](=C)CC4)c2)cc1. The standard InChI is InChI=1S/C29H29N5O2/c1-4-34(20-30-2)27-12-9-23(10-13-27)28(35)31-18-21-6-5-7-24(16-21)29(36)32-26-11-8-22-14-15-33(3)19-25(22)17-26/h4-13,16-17,20H,1,3,14-15,18-19H2,2H3,(H-,31,32,35,36)/p+1. The molecule has 2 amide bonds. The number of hydrogen-bond acceptors (Lipinski definition) is 3. The fourth-order valence-electron chi connectivity index (χ4n) is 4.13. The Labute approximate surface area is 211 Å². The smallest absolute Gasteiger partial charge is 0.255 e. The highest BCUT2D eigenvalue weighted by Gasteiger charge is 2.17. The van der Waals surface area contributed by atoms with E-state index in [0.29, 0.717) is 17.7 Å². The summed E-state index contributed by atoms with van der Waals surface area (Å²) in [6.07, 6.45) is 4.26. The van der Waals surface area contributed by atoms with Crippen molar-refractivity contribution in [2.75, 3.05) is 23.8 Å². The first-order chi connectivity index (χ1) is 17.5. The normalized spacial score (nSPS) is 12.6. The summed E-state index contributed by atoms with van der Waals surface area (Å²) < 4.78 is 2.03. The summed E-state index contributed by atoms with van der Waals surface area (Å²) in [5.74, 6) is -0.386. The van der Waals surface area contributed by atoms with Crippen LogP contribution in [0, 0.1) is 0 Å². The Balaban J connectivity index is 1.37. The molecular formula is C29H30N5O2+. The molecule has 1 heterocycles. The van der Waals surface area contributed by atoms with Gasteiger partial charge >= 0.3 is 0 Å². The number of hydrogen-bond donors (Lipinski definition) is 2. The predicted octanol–water partition coefficient (Wildman–Crippen LogP) is 4.25. The summed E-state index contributed by atoms with van der Waals surface area (Å²) in [4.78, 5) is 31.3. The van der Waals surface area contributed by atoms with Crippen LogP contribution in [-0.2, 0) is 19.5 Å². The van der Waals surface area contributed by atoms with E-state index >= 15 is 0 Å². The van der Waals surface area contributed by atoms with Crippen LogP contribution in [0.1, 0.15) is 37.4 Å². The Kier molecular flexibility index (Phi) is 7.70. The first-order valence-electron chi connectivity index (χ1n) is 11.8. The Morgan fingerprint density at radius 2 is 1.83 bits per heavy atom. The summed E-state index contributed by atoms with van der Waals surface area (Å²) >= 11 is 0. The van der Waals surface area contributed by atoms with Gasteiger partial charge in [0.25, 0.3) is 11.8 Å². The van der Waals surface area contributed by atoms with Crippen LogP contribution in [0.5, 0.6) is 0 Å². The molecule has 2 N–H and O–H groups in total. The van der Waals surface area contributed by atoms with E-state index in [9.17, 15) is 9.59 Å². The van der Waals surface area contributed by atoms with Crippen molar-refractivity contribution in [3.05, 3.63) is 107 Å². The van der Waals surface area contributed by atoms with Crippen LogP contribution >= 0.6 is 0 Å². The molecule has 0 fully saturated rings. The molecule has 4 rings (SSSR count). The lowest BCUT2D eigenvalue weighted by molar-refractivity contribution is -0.539. The van der Waals surface area contributed by atoms with Gasteiger partial charge in [0.1, 0.15) is 13.3 Å². The maximum Gasteiger partial charge on any atom is 0.255 e. The van der Waals surface area contributed by atoms with Crippen LogP contribution in [0.15, 0.2) is 84.5 Å². The van der Waals surface area contributed by atoms with Gasteiger partial charge in [-0.3, -0.25) is 14.6 Å². The van der Waals surface area contributed by atoms with E-state index in [2.05, 4.69) is 35.0 Å². The molecule has 0 saturated carbocycles. The molecule has 7 heteroatoms. The van der Waals surface area contributed by atoms with E-state index < -0.39 is 0 Å². The molecule has 182 valence electrons. The van der Waals surface area contributed by atoms with E-state index in [1.807, 2.05) is 41.0 Å². The third-order valence-electron chi connectivity index (χ3n) is 6.06. The fourth-order valence-corrected chi connectivity index (χ4v) is 4.13. The third-order valence-corrected chi connectivity index (χ3v) is 6.06. The van der Waals surface area contributed by atoms with Crippen LogP contribution in [0.2, 0.25) is 0 Å². The van der Waals surface area contributed by atoms with Crippen LogP contribution in [0.25, 0.3) is 0 Å². The number of amides is 2. The molecule has 0 unspecified atom stereocenters. The van der Waals surface area contributed by atoms with Crippen molar-refractivity contribution in [3.8, 4) is 0 Å². The largest absolute Gasteiger partial charge is 0.348 e. The maximum absolute atomic E-state index is 12.9. The number of fused-ring (bicyclic) bond motifs is 1. The molecular weight excluding hydrogens is 450 g/mol. The van der Waals surface area contributed by atoms with Gasteiger partial charge in [0.15, 0.2) is 6.54 Å². The van der Waals surface area contributed by atoms with Gasteiger partial charge in [-0.15, -0.1) is 0 Å². The van der Waals surface area contributed by atoms with E-state index in [1.54, 1.807) is 48.8 Å². The molecule has 0 bridgehead atoms. The minimum Gasteiger partial charge on any atom is -0.348 e. The van der Waals surface area contributed by atoms with Crippen molar-refractivity contribution in [2.45, 2.75) is 19.5 Å². The van der Waals surface area contributed by atoms with Crippen LogP contribution in [0.4, 0.5) is 11.4 Å². The summed E-state index contributed by atoms with van der Waals surface area (Å²) in [7, 11) is 1.68. The van der Waals surface area contributed by atoms with E-state index in [4.69, 9.17) is 0 Å². The molecule has 3 aromatic rings. The molecule has 1 aliphatic rings. The van der Waals surface area contributed by atoms with Gasteiger partial charge < -0.3 is 15.5 Å². The fraction of sp³-hybridized carbons (Fsp3) is 0.172. The number of aliphatic imine (C=N–C) groups is 1. The first kappa shape index (κ1) is 24.6. The highest BCUT2D eigenvalue weighted by atomic mass is 16.2. The Bertz CT molecular complexity index is 1330. The van der Waals surface area contributed by atoms with Crippen molar-refractivity contribution < 1.29 is 14.2 Å². The molecule has 3 aromatic carbocycles. The zero-order valence-electron chi connectivity index (χ0n) is 20.4. The lowest BCUT2D eigenvalue weighted by Gasteiger charge is -2.16. The number of carbonyl (C=O) groups is 2. The van der Waals surface area contributed by atoms with Crippen molar-refractivity contribution in [1.82, 2.24) is 5.32 Å². The Morgan fingerprint density at radius 3 is 2.58 bits per heavy atom. The molecule has 0 radical (unpaired) electrons. The number of nitrogens with one attached hydrogen (secondary N) is 2. The van der Waals surface area contributed by atoms with E-state index in [-0.39, 0.29) is 11.8 Å². The highest BCUT2D eigenvalue weighted by molar-refractivity contribution is 6.04. The van der Waals surface area contributed by atoms with Crippen molar-refractivity contribution in [2.24, 2.45) is 4.99 Å². The average Bonchev–Trinajstić information content (AvgIpc) is 2.90. The minimum atomic E-state index is -0.195. The van der Waals surface area contributed by atoms with Crippen molar-refractivity contribution in [3.63, 3.8) is 0 Å². The first-order valence-corrected chi connectivity index (χ1v) is 11.8. The van der Waals surface area contributed by atoms with Gasteiger partial charge in [-0.1, -0.05) is 24.8 Å². The van der Waals surface area contributed by atoms with Crippen LogP contribution in [0.3, 0.4) is 0 Å². The summed E-state index contributed by atoms with van der Waals surface area (Å²) in [6.45, 7) is 9.80. The maximum atomic E-state index is 12.9. The molecule has 36 heavy (non-hydrogen) atoms. The monoisotopic (exact) mass is 480 g/mol. The highest BCUT2D eigenvalue weighted by Crippen LogP contribution is 2.21. The third kappa shape index (κ3) is 5.93. The quantitative estimate of drug-likeness (QED) is 0.288. The molecule has 0 spiro atoms. The lowest BCUT2D eigenvalue weighted by Crippen LogP contribution is -2.23. The minimum absolute atomic E-state index is 0.191. The number of rotatable bonds is 8. The summed E-state index contributed by atoms with van der Waals surface area (Å²) in [5.41, 5.74) is 6.01.